The molecule has 0 radical (unpaired) electrons. The van der Waals surface area contributed by atoms with Crippen LogP contribution >= 0.6 is 0 Å². The molecule has 1 fully saturated rings. The van der Waals surface area contributed by atoms with Gasteiger partial charge in [-0.3, -0.25) is 0 Å². The van der Waals surface area contributed by atoms with Crippen LogP contribution in [0.3, 0.4) is 0 Å². The Morgan fingerprint density at radius 1 is 1.38 bits per heavy atom. The molecule has 1 rings (SSSR count). The highest BCUT2D eigenvalue weighted by Crippen LogP contribution is 2.23. The van der Waals surface area contributed by atoms with Crippen molar-refractivity contribution in [3.63, 3.8) is 0 Å². The van der Waals surface area contributed by atoms with Crippen LogP contribution in [0.2, 0.25) is 0 Å². The van der Waals surface area contributed by atoms with Crippen molar-refractivity contribution in [2.75, 3.05) is 13.1 Å². The monoisotopic (exact) mass is 209 g/mol. The highest BCUT2D eigenvalue weighted by Gasteiger charge is 2.37. The van der Waals surface area contributed by atoms with Crippen LogP contribution in [0, 0.1) is 5.92 Å². The van der Waals surface area contributed by atoms with Crippen LogP contribution < -0.4 is 0 Å². The number of alkyl halides is 1. The summed E-state index contributed by atoms with van der Waals surface area (Å²) >= 11 is 0. The minimum atomic E-state index is -3.25. The Bertz CT molecular complexity index is 266. The zero-order valence-electron chi connectivity index (χ0n) is 8.20. The van der Waals surface area contributed by atoms with E-state index < -0.39 is 21.4 Å². The van der Waals surface area contributed by atoms with Gasteiger partial charge < -0.3 is 0 Å². The minimum absolute atomic E-state index is 0.0294. The first-order valence-corrected chi connectivity index (χ1v) is 5.99. The molecule has 1 aliphatic heterocycles. The summed E-state index contributed by atoms with van der Waals surface area (Å²) in [5, 5.41) is -0.454. The molecule has 0 unspecified atom stereocenters. The highest BCUT2D eigenvalue weighted by molar-refractivity contribution is 7.89. The van der Waals surface area contributed by atoms with E-state index in [9.17, 15) is 12.8 Å². The molecule has 0 aromatic carbocycles. The van der Waals surface area contributed by atoms with E-state index in [-0.39, 0.29) is 12.5 Å². The topological polar surface area (TPSA) is 37.4 Å². The number of hydrogen-bond donors (Lipinski definition) is 0. The van der Waals surface area contributed by atoms with Gasteiger partial charge in [-0.25, -0.2) is 12.8 Å². The van der Waals surface area contributed by atoms with E-state index in [2.05, 4.69) is 0 Å². The zero-order valence-corrected chi connectivity index (χ0v) is 9.01. The molecule has 0 amide bonds. The summed E-state index contributed by atoms with van der Waals surface area (Å²) in [6, 6.07) is 0. The van der Waals surface area contributed by atoms with Crippen molar-refractivity contribution in [1.29, 1.82) is 0 Å². The van der Waals surface area contributed by atoms with Crippen LogP contribution in [-0.2, 0) is 10.0 Å². The predicted octanol–water partition coefficient (Wildman–Crippen LogP) is 1.01. The van der Waals surface area contributed by atoms with E-state index in [1.807, 2.05) is 0 Å². The van der Waals surface area contributed by atoms with Crippen molar-refractivity contribution in [2.24, 2.45) is 5.92 Å². The van der Waals surface area contributed by atoms with Crippen molar-refractivity contribution in [3.8, 4) is 0 Å². The van der Waals surface area contributed by atoms with Crippen LogP contribution in [-0.4, -0.2) is 37.2 Å². The maximum absolute atomic E-state index is 13.1. The maximum atomic E-state index is 13.1. The van der Waals surface area contributed by atoms with E-state index >= 15 is 0 Å². The molecule has 1 heterocycles. The van der Waals surface area contributed by atoms with Gasteiger partial charge in [0.1, 0.15) is 6.17 Å². The summed E-state index contributed by atoms with van der Waals surface area (Å²) in [5.74, 6) is -0.173. The minimum Gasteiger partial charge on any atom is -0.246 e. The maximum Gasteiger partial charge on any atom is 0.216 e. The molecule has 0 saturated carbocycles. The Balaban J connectivity index is 2.77. The normalized spacial score (nSPS) is 31.5. The van der Waals surface area contributed by atoms with Crippen molar-refractivity contribution in [3.05, 3.63) is 0 Å². The van der Waals surface area contributed by atoms with E-state index in [0.29, 0.717) is 6.54 Å². The Hall–Kier alpha value is -0.160. The Morgan fingerprint density at radius 2 is 1.92 bits per heavy atom. The van der Waals surface area contributed by atoms with E-state index in [1.54, 1.807) is 20.8 Å². The lowest BCUT2D eigenvalue weighted by molar-refractivity contribution is 0.295. The Kier molecular flexibility index (Phi) is 2.97. The second-order valence-corrected chi connectivity index (χ2v) is 6.39. The predicted molar refractivity (Wildman–Crippen MR) is 49.7 cm³/mol. The first kappa shape index (κ1) is 10.9. The van der Waals surface area contributed by atoms with Gasteiger partial charge in [-0.1, -0.05) is 6.92 Å². The third-order valence-electron chi connectivity index (χ3n) is 2.44. The summed E-state index contributed by atoms with van der Waals surface area (Å²) < 4.78 is 37.5. The second-order valence-electron chi connectivity index (χ2n) is 3.90. The Morgan fingerprint density at radius 3 is 2.23 bits per heavy atom. The molecule has 0 aromatic rings. The van der Waals surface area contributed by atoms with Gasteiger partial charge in [-0.15, -0.1) is 0 Å². The average molecular weight is 209 g/mol. The molecule has 3 nitrogen and oxygen atoms in total. The molecule has 5 heteroatoms. The standard InChI is InChI=1S/C8H16FNO2S/c1-6(2)13(11,12)10-4-7(3)8(9)5-10/h6-8H,4-5H2,1-3H3/t7-,8-/m1/s1. The zero-order chi connectivity index (χ0) is 10.2. The van der Waals surface area contributed by atoms with Crippen LogP contribution in [0.1, 0.15) is 20.8 Å². The summed E-state index contributed by atoms with van der Waals surface area (Å²) in [5.41, 5.74) is 0. The summed E-state index contributed by atoms with van der Waals surface area (Å²) in [6.45, 7) is 5.32. The molecule has 13 heavy (non-hydrogen) atoms. The summed E-state index contributed by atoms with van der Waals surface area (Å²) in [7, 11) is -3.25. The highest BCUT2D eigenvalue weighted by atomic mass is 32.2. The SMILES string of the molecule is CC(C)S(=O)(=O)N1C[C@@H](C)[C@H](F)C1. The molecule has 2 atom stereocenters. The molecule has 1 saturated heterocycles. The number of sulfonamides is 1. The van der Waals surface area contributed by atoms with Crippen molar-refractivity contribution in [2.45, 2.75) is 32.2 Å². The average Bonchev–Trinajstić information content (AvgIpc) is 2.32. The van der Waals surface area contributed by atoms with E-state index in [1.165, 1.54) is 4.31 Å². The lowest BCUT2D eigenvalue weighted by Gasteiger charge is -2.18. The fourth-order valence-electron chi connectivity index (χ4n) is 1.39. The molecule has 0 bridgehead atoms. The first-order chi connectivity index (χ1) is 5.85. The third-order valence-corrected chi connectivity index (χ3v) is 4.65. The van der Waals surface area contributed by atoms with Gasteiger partial charge in [0.25, 0.3) is 0 Å². The van der Waals surface area contributed by atoms with Crippen LogP contribution in [0.4, 0.5) is 4.39 Å². The van der Waals surface area contributed by atoms with Gasteiger partial charge in [0, 0.05) is 19.0 Å². The number of rotatable bonds is 2. The van der Waals surface area contributed by atoms with Gasteiger partial charge in [0.15, 0.2) is 0 Å². The second kappa shape index (κ2) is 3.53. The first-order valence-electron chi connectivity index (χ1n) is 4.48. The van der Waals surface area contributed by atoms with Crippen molar-refractivity contribution in [1.82, 2.24) is 4.31 Å². The van der Waals surface area contributed by atoms with Gasteiger partial charge >= 0.3 is 0 Å². The van der Waals surface area contributed by atoms with Gasteiger partial charge in [-0.05, 0) is 13.8 Å². The molecule has 0 N–H and O–H groups in total. The van der Waals surface area contributed by atoms with Crippen LogP contribution in [0.5, 0.6) is 0 Å². The van der Waals surface area contributed by atoms with Crippen molar-refractivity contribution >= 4 is 10.0 Å². The summed E-state index contributed by atoms with van der Waals surface area (Å²) in [4.78, 5) is 0. The smallest absolute Gasteiger partial charge is 0.216 e. The van der Waals surface area contributed by atoms with E-state index in [4.69, 9.17) is 0 Å². The quantitative estimate of drug-likeness (QED) is 0.680. The largest absolute Gasteiger partial charge is 0.246 e. The fraction of sp³-hybridized carbons (Fsp3) is 1.00. The summed E-state index contributed by atoms with van der Waals surface area (Å²) in [6.07, 6.45) is -1.01. The Labute approximate surface area is 79.0 Å². The fourth-order valence-corrected chi connectivity index (χ4v) is 2.78. The lowest BCUT2D eigenvalue weighted by Crippen LogP contribution is -2.34. The molecule has 0 spiro atoms. The number of nitrogens with zero attached hydrogens (tertiary/aromatic N) is 1. The molecule has 1 aliphatic rings. The molecule has 78 valence electrons. The number of hydrogen-bond acceptors (Lipinski definition) is 2. The number of halogens is 1. The van der Waals surface area contributed by atoms with Crippen LogP contribution in [0.15, 0.2) is 0 Å². The van der Waals surface area contributed by atoms with E-state index in [0.717, 1.165) is 0 Å². The van der Waals surface area contributed by atoms with Gasteiger partial charge in [0.2, 0.25) is 10.0 Å². The molecular weight excluding hydrogens is 193 g/mol. The van der Waals surface area contributed by atoms with Gasteiger partial charge in [-0.2, -0.15) is 4.31 Å². The van der Waals surface area contributed by atoms with Gasteiger partial charge in [0.05, 0.1) is 5.25 Å². The third kappa shape index (κ3) is 2.02. The molecular formula is C8H16FNO2S. The molecule has 0 aromatic heterocycles. The van der Waals surface area contributed by atoms with Crippen LogP contribution in [0.25, 0.3) is 0 Å². The van der Waals surface area contributed by atoms with Crippen molar-refractivity contribution < 1.29 is 12.8 Å². The lowest BCUT2D eigenvalue weighted by atomic mass is 10.1. The molecule has 0 aliphatic carbocycles.